The summed E-state index contributed by atoms with van der Waals surface area (Å²) in [5.74, 6) is 1.18. The van der Waals surface area contributed by atoms with Gasteiger partial charge in [0.05, 0.1) is 17.8 Å². The van der Waals surface area contributed by atoms with E-state index in [0.717, 1.165) is 16.5 Å². The Morgan fingerprint density at radius 2 is 1.71 bits per heavy atom. The standard InChI is InChI=1S/C24H19N3O3S/c1-15(23(28)25-18-11-10-16-6-2-3-7-17(16)14-18)31-24-26-21(19-8-4-12-29-19)22(27-24)20-9-5-13-30-20/h2-15H,1H3,(H,25,28)(H,26,27). The number of nitrogens with one attached hydrogen (secondary N) is 2. The summed E-state index contributed by atoms with van der Waals surface area (Å²) in [6.45, 7) is 1.85. The molecule has 0 saturated heterocycles. The number of fused-ring (bicyclic) bond motifs is 1. The van der Waals surface area contributed by atoms with Crippen LogP contribution in [0.4, 0.5) is 5.69 Å². The molecule has 7 heteroatoms. The Morgan fingerprint density at radius 1 is 0.968 bits per heavy atom. The van der Waals surface area contributed by atoms with Crippen molar-refractivity contribution in [2.45, 2.75) is 17.3 Å². The van der Waals surface area contributed by atoms with Gasteiger partial charge in [0.15, 0.2) is 16.7 Å². The number of rotatable bonds is 6. The topological polar surface area (TPSA) is 84.1 Å². The van der Waals surface area contributed by atoms with Crippen molar-refractivity contribution >= 4 is 34.1 Å². The molecule has 0 fully saturated rings. The van der Waals surface area contributed by atoms with Gasteiger partial charge in [0.1, 0.15) is 11.4 Å². The van der Waals surface area contributed by atoms with Gasteiger partial charge in [-0.1, -0.05) is 42.1 Å². The second-order valence-electron chi connectivity index (χ2n) is 7.03. The van der Waals surface area contributed by atoms with Gasteiger partial charge in [0, 0.05) is 5.69 Å². The van der Waals surface area contributed by atoms with E-state index in [4.69, 9.17) is 8.83 Å². The Bertz CT molecular complexity index is 1270. The minimum Gasteiger partial charge on any atom is -0.463 e. The van der Waals surface area contributed by atoms with Crippen molar-refractivity contribution in [3.63, 3.8) is 0 Å². The third-order valence-corrected chi connectivity index (χ3v) is 5.86. The van der Waals surface area contributed by atoms with Crippen molar-refractivity contribution < 1.29 is 13.6 Å². The number of amides is 1. The molecule has 0 radical (unpaired) electrons. The van der Waals surface area contributed by atoms with Gasteiger partial charge < -0.3 is 19.1 Å². The van der Waals surface area contributed by atoms with Crippen LogP contribution >= 0.6 is 11.8 Å². The third kappa shape index (κ3) is 4.00. The summed E-state index contributed by atoms with van der Waals surface area (Å²) in [7, 11) is 0. The molecule has 2 aromatic carbocycles. The Labute approximate surface area is 182 Å². The van der Waals surface area contributed by atoms with Gasteiger partial charge in [-0.3, -0.25) is 4.79 Å². The largest absolute Gasteiger partial charge is 0.463 e. The maximum absolute atomic E-state index is 12.8. The Kier molecular flexibility index (Phi) is 5.09. The smallest absolute Gasteiger partial charge is 0.237 e. The SMILES string of the molecule is CC(Sc1nc(-c2ccco2)c(-c2ccco2)[nH]1)C(=O)Nc1ccc2ccccc2c1. The molecule has 0 aliphatic rings. The van der Waals surface area contributed by atoms with E-state index >= 15 is 0 Å². The van der Waals surface area contributed by atoms with E-state index in [1.165, 1.54) is 11.8 Å². The van der Waals surface area contributed by atoms with E-state index in [2.05, 4.69) is 15.3 Å². The van der Waals surface area contributed by atoms with Crippen LogP contribution < -0.4 is 5.32 Å². The van der Waals surface area contributed by atoms with Crippen molar-refractivity contribution in [3.8, 4) is 22.9 Å². The molecule has 0 spiro atoms. The highest BCUT2D eigenvalue weighted by Crippen LogP contribution is 2.34. The Balaban J connectivity index is 1.35. The van der Waals surface area contributed by atoms with Crippen LogP contribution in [0, 0.1) is 0 Å². The number of anilines is 1. The minimum absolute atomic E-state index is 0.101. The van der Waals surface area contributed by atoms with Crippen LogP contribution in [0.2, 0.25) is 0 Å². The first-order chi connectivity index (χ1) is 15.2. The second kappa shape index (κ2) is 8.20. The number of aromatic nitrogens is 2. The summed E-state index contributed by atoms with van der Waals surface area (Å²) in [5.41, 5.74) is 2.12. The first-order valence-corrected chi connectivity index (χ1v) is 10.7. The molecule has 3 aromatic heterocycles. The molecule has 154 valence electrons. The summed E-state index contributed by atoms with van der Waals surface area (Å²) < 4.78 is 11.1. The lowest BCUT2D eigenvalue weighted by Crippen LogP contribution is -2.22. The molecule has 5 aromatic rings. The zero-order valence-electron chi connectivity index (χ0n) is 16.7. The molecular formula is C24H19N3O3S. The van der Waals surface area contributed by atoms with Crippen molar-refractivity contribution in [2.24, 2.45) is 0 Å². The number of carbonyl (C=O) groups excluding carboxylic acids is 1. The summed E-state index contributed by atoms with van der Waals surface area (Å²) >= 11 is 1.34. The number of nitrogens with zero attached hydrogens (tertiary/aromatic N) is 1. The van der Waals surface area contributed by atoms with Gasteiger partial charge in [0.2, 0.25) is 5.91 Å². The normalized spacial score (nSPS) is 12.2. The number of benzene rings is 2. The molecular weight excluding hydrogens is 410 g/mol. The van der Waals surface area contributed by atoms with E-state index in [1.807, 2.05) is 73.7 Å². The van der Waals surface area contributed by atoms with Crippen LogP contribution in [0.5, 0.6) is 0 Å². The zero-order valence-corrected chi connectivity index (χ0v) is 17.5. The van der Waals surface area contributed by atoms with Crippen LogP contribution in [0.25, 0.3) is 33.7 Å². The number of thioether (sulfide) groups is 1. The fraction of sp³-hybridized carbons (Fsp3) is 0.0833. The molecule has 1 amide bonds. The van der Waals surface area contributed by atoms with Crippen molar-refractivity contribution in [3.05, 3.63) is 79.3 Å². The van der Waals surface area contributed by atoms with Crippen LogP contribution in [0.15, 0.2) is 93.2 Å². The van der Waals surface area contributed by atoms with Gasteiger partial charge in [-0.25, -0.2) is 4.98 Å². The summed E-state index contributed by atoms with van der Waals surface area (Å²) in [6, 6.07) is 21.2. The molecule has 3 heterocycles. The summed E-state index contributed by atoms with van der Waals surface area (Å²) in [5, 5.41) is 5.45. The van der Waals surface area contributed by atoms with E-state index < -0.39 is 0 Å². The zero-order chi connectivity index (χ0) is 21.2. The quantitative estimate of drug-likeness (QED) is 0.314. The van der Waals surface area contributed by atoms with Crippen LogP contribution in [-0.4, -0.2) is 21.1 Å². The van der Waals surface area contributed by atoms with E-state index in [-0.39, 0.29) is 11.2 Å². The molecule has 0 bridgehead atoms. The van der Waals surface area contributed by atoms with Crippen molar-refractivity contribution in [1.82, 2.24) is 9.97 Å². The lowest BCUT2D eigenvalue weighted by Gasteiger charge is -2.11. The highest BCUT2D eigenvalue weighted by atomic mass is 32.2. The van der Waals surface area contributed by atoms with Crippen molar-refractivity contribution in [2.75, 3.05) is 5.32 Å². The Morgan fingerprint density at radius 3 is 2.45 bits per heavy atom. The minimum atomic E-state index is -0.369. The summed E-state index contributed by atoms with van der Waals surface area (Å²) in [6.07, 6.45) is 3.21. The molecule has 0 saturated carbocycles. The number of imidazole rings is 1. The maximum atomic E-state index is 12.8. The highest BCUT2D eigenvalue weighted by Gasteiger charge is 2.22. The van der Waals surface area contributed by atoms with Gasteiger partial charge >= 0.3 is 0 Å². The van der Waals surface area contributed by atoms with E-state index in [9.17, 15) is 4.79 Å². The van der Waals surface area contributed by atoms with Crippen LogP contribution in [-0.2, 0) is 4.79 Å². The average Bonchev–Trinajstić information content (AvgIpc) is 3.54. The number of furan rings is 2. The fourth-order valence-electron chi connectivity index (χ4n) is 3.33. The highest BCUT2D eigenvalue weighted by molar-refractivity contribution is 8.00. The van der Waals surface area contributed by atoms with Crippen LogP contribution in [0.3, 0.4) is 0 Å². The van der Waals surface area contributed by atoms with Gasteiger partial charge in [-0.05, 0) is 54.1 Å². The lowest BCUT2D eigenvalue weighted by molar-refractivity contribution is -0.115. The molecule has 31 heavy (non-hydrogen) atoms. The monoisotopic (exact) mass is 429 g/mol. The molecule has 2 N–H and O–H groups in total. The fourth-order valence-corrected chi connectivity index (χ4v) is 4.14. The number of hydrogen-bond donors (Lipinski definition) is 2. The predicted octanol–water partition coefficient (Wildman–Crippen LogP) is 6.20. The number of H-pyrrole nitrogens is 1. The average molecular weight is 430 g/mol. The molecule has 0 aliphatic heterocycles. The van der Waals surface area contributed by atoms with Crippen molar-refractivity contribution in [1.29, 1.82) is 0 Å². The van der Waals surface area contributed by atoms with Gasteiger partial charge in [-0.15, -0.1) is 0 Å². The van der Waals surface area contributed by atoms with E-state index in [0.29, 0.717) is 28.1 Å². The number of hydrogen-bond acceptors (Lipinski definition) is 5. The molecule has 1 atom stereocenters. The molecule has 0 aliphatic carbocycles. The maximum Gasteiger partial charge on any atom is 0.237 e. The van der Waals surface area contributed by atoms with Gasteiger partial charge in [-0.2, -0.15) is 0 Å². The predicted molar refractivity (Wildman–Crippen MR) is 122 cm³/mol. The number of aromatic amines is 1. The third-order valence-electron chi connectivity index (χ3n) is 4.88. The van der Waals surface area contributed by atoms with Gasteiger partial charge in [0.25, 0.3) is 0 Å². The molecule has 5 rings (SSSR count). The first kappa shape index (κ1) is 19.3. The summed E-state index contributed by atoms with van der Waals surface area (Å²) in [4.78, 5) is 20.7. The number of carbonyl (C=O) groups is 1. The van der Waals surface area contributed by atoms with Crippen LogP contribution in [0.1, 0.15) is 6.92 Å². The lowest BCUT2D eigenvalue weighted by atomic mass is 10.1. The molecule has 1 unspecified atom stereocenters. The molecule has 6 nitrogen and oxygen atoms in total. The first-order valence-electron chi connectivity index (χ1n) is 9.81. The van der Waals surface area contributed by atoms with E-state index in [1.54, 1.807) is 12.5 Å². The second-order valence-corrected chi connectivity index (χ2v) is 8.36. The Hall–Kier alpha value is -3.71.